The van der Waals surface area contributed by atoms with Gasteiger partial charge in [-0.15, -0.1) is 0 Å². The zero-order valence-electron chi connectivity index (χ0n) is 12.5. The van der Waals surface area contributed by atoms with Crippen molar-refractivity contribution >= 4 is 6.09 Å². The average Bonchev–Trinajstić information content (AvgIpc) is 2.25. The number of rotatable bonds is 1. The average molecular weight is 268 g/mol. The molecule has 0 atom stereocenters. The van der Waals surface area contributed by atoms with Crippen molar-refractivity contribution in [2.45, 2.75) is 58.7 Å². The molecule has 1 amide bonds. The largest absolute Gasteiger partial charge is 0.444 e. The summed E-state index contributed by atoms with van der Waals surface area (Å²) >= 11 is 0. The summed E-state index contributed by atoms with van der Waals surface area (Å²) < 4.78 is 5.31. The van der Waals surface area contributed by atoms with Gasteiger partial charge in [-0.1, -0.05) is 0 Å². The summed E-state index contributed by atoms with van der Waals surface area (Å²) in [7, 11) is 0. The second-order valence-electron chi connectivity index (χ2n) is 6.72. The fraction of sp³-hybridized carbons (Fsp3) is 0.857. The van der Waals surface area contributed by atoms with Crippen LogP contribution in [0.25, 0.3) is 0 Å². The summed E-state index contributed by atoms with van der Waals surface area (Å²) in [5.74, 6) is 0. The molecule has 1 fully saturated rings. The van der Waals surface area contributed by atoms with Crippen molar-refractivity contribution in [3.8, 4) is 6.07 Å². The smallest absolute Gasteiger partial charge is 0.410 e. The van der Waals surface area contributed by atoms with E-state index in [-0.39, 0.29) is 6.09 Å². The highest BCUT2D eigenvalue weighted by atomic mass is 16.6. The zero-order chi connectivity index (χ0) is 14.9. The first-order valence-electron chi connectivity index (χ1n) is 6.62. The monoisotopic (exact) mass is 268 g/mol. The second kappa shape index (κ2) is 5.01. The van der Waals surface area contributed by atoms with Gasteiger partial charge in [0.25, 0.3) is 0 Å². The Morgan fingerprint density at radius 3 is 2.05 bits per heavy atom. The van der Waals surface area contributed by atoms with Gasteiger partial charge in [-0.3, -0.25) is 0 Å². The number of hydrogen-bond donors (Lipinski definition) is 1. The third-order valence-electron chi connectivity index (χ3n) is 3.65. The maximum absolute atomic E-state index is 11.9. The molecule has 108 valence electrons. The summed E-state index contributed by atoms with van der Waals surface area (Å²) in [5, 5.41) is 19.5. The molecular weight excluding hydrogens is 244 g/mol. The number of nitrogens with zero attached hydrogens (tertiary/aromatic N) is 2. The standard InChI is InChI=1S/C14H24N2O3/c1-12(2,3)19-11(17)16-8-6-14(10-15,7-9-16)13(4,5)18/h18H,6-9H2,1-5H3. The van der Waals surface area contributed by atoms with Crippen LogP contribution in [0.2, 0.25) is 0 Å². The quantitative estimate of drug-likeness (QED) is 0.792. The van der Waals surface area contributed by atoms with Crippen LogP contribution < -0.4 is 0 Å². The lowest BCUT2D eigenvalue weighted by atomic mass is 9.68. The molecule has 0 radical (unpaired) electrons. The summed E-state index contributed by atoms with van der Waals surface area (Å²) in [6.45, 7) is 9.65. The Morgan fingerprint density at radius 1 is 1.26 bits per heavy atom. The van der Waals surface area contributed by atoms with Gasteiger partial charge >= 0.3 is 6.09 Å². The molecule has 1 aliphatic rings. The summed E-state index contributed by atoms with van der Waals surface area (Å²) in [6, 6.07) is 2.24. The highest BCUT2D eigenvalue weighted by Crippen LogP contribution is 2.40. The Bertz CT molecular complexity index is 377. The predicted molar refractivity (Wildman–Crippen MR) is 71.4 cm³/mol. The molecule has 0 aromatic heterocycles. The predicted octanol–water partition coefficient (Wildman–Crippen LogP) is 2.30. The van der Waals surface area contributed by atoms with Crippen LogP contribution in [0.15, 0.2) is 0 Å². The molecule has 0 bridgehead atoms. The van der Waals surface area contributed by atoms with Crippen LogP contribution in [0.5, 0.6) is 0 Å². The van der Waals surface area contributed by atoms with E-state index in [0.717, 1.165) is 0 Å². The lowest BCUT2D eigenvalue weighted by molar-refractivity contribution is -0.0578. The molecule has 0 aliphatic carbocycles. The number of carbonyl (C=O) groups excluding carboxylic acids is 1. The number of amides is 1. The normalized spacial score (nSPS) is 19.7. The van der Waals surface area contributed by atoms with Crippen molar-refractivity contribution < 1.29 is 14.6 Å². The third kappa shape index (κ3) is 3.60. The first-order chi connectivity index (χ1) is 8.51. The maximum Gasteiger partial charge on any atom is 0.410 e. The topological polar surface area (TPSA) is 73.6 Å². The first-order valence-corrected chi connectivity index (χ1v) is 6.62. The molecule has 0 saturated carbocycles. The van der Waals surface area contributed by atoms with Gasteiger partial charge in [0.05, 0.1) is 17.1 Å². The molecular formula is C14H24N2O3. The Balaban J connectivity index is 2.68. The second-order valence-corrected chi connectivity index (χ2v) is 6.72. The minimum Gasteiger partial charge on any atom is -0.444 e. The molecule has 1 rings (SSSR count). The van der Waals surface area contributed by atoms with E-state index in [0.29, 0.717) is 25.9 Å². The third-order valence-corrected chi connectivity index (χ3v) is 3.65. The van der Waals surface area contributed by atoms with E-state index in [4.69, 9.17) is 4.74 Å². The number of likely N-dealkylation sites (tertiary alicyclic amines) is 1. The Hall–Kier alpha value is -1.28. The number of carbonyl (C=O) groups is 1. The molecule has 1 N–H and O–H groups in total. The SMILES string of the molecule is CC(C)(C)OC(=O)N1CCC(C#N)(C(C)(C)O)CC1. The van der Waals surface area contributed by atoms with E-state index < -0.39 is 16.6 Å². The van der Waals surface area contributed by atoms with Crippen LogP contribution in [-0.4, -0.2) is 40.4 Å². The fourth-order valence-electron chi connectivity index (χ4n) is 2.26. The lowest BCUT2D eigenvalue weighted by Gasteiger charge is -2.44. The summed E-state index contributed by atoms with van der Waals surface area (Å²) in [5.41, 5.74) is -2.37. The molecule has 5 nitrogen and oxygen atoms in total. The van der Waals surface area contributed by atoms with E-state index in [1.54, 1.807) is 18.7 Å². The van der Waals surface area contributed by atoms with E-state index in [1.807, 2.05) is 20.8 Å². The Morgan fingerprint density at radius 2 is 1.74 bits per heavy atom. The van der Waals surface area contributed by atoms with E-state index in [9.17, 15) is 15.2 Å². The first kappa shape index (κ1) is 15.8. The number of piperidine rings is 1. The van der Waals surface area contributed by atoms with Crippen LogP contribution in [0.4, 0.5) is 4.79 Å². The Labute approximate surface area is 115 Å². The van der Waals surface area contributed by atoms with Crippen LogP contribution in [0.3, 0.4) is 0 Å². The number of ether oxygens (including phenoxy) is 1. The highest BCUT2D eigenvalue weighted by Gasteiger charge is 2.47. The van der Waals surface area contributed by atoms with Crippen LogP contribution in [0, 0.1) is 16.7 Å². The number of hydrogen-bond acceptors (Lipinski definition) is 4. The van der Waals surface area contributed by atoms with Crippen LogP contribution >= 0.6 is 0 Å². The van der Waals surface area contributed by atoms with Crippen LogP contribution in [0.1, 0.15) is 47.5 Å². The van der Waals surface area contributed by atoms with Crippen molar-refractivity contribution in [3.05, 3.63) is 0 Å². The minimum absolute atomic E-state index is 0.352. The molecule has 19 heavy (non-hydrogen) atoms. The Kier molecular flexibility index (Phi) is 4.16. The van der Waals surface area contributed by atoms with Crippen molar-refractivity contribution in [2.75, 3.05) is 13.1 Å². The molecule has 0 spiro atoms. The van der Waals surface area contributed by atoms with Crippen molar-refractivity contribution in [2.24, 2.45) is 5.41 Å². The van der Waals surface area contributed by atoms with Gasteiger partial charge in [-0.25, -0.2) is 4.79 Å². The molecule has 0 aromatic rings. The highest BCUT2D eigenvalue weighted by molar-refractivity contribution is 5.68. The lowest BCUT2D eigenvalue weighted by Crippen LogP contribution is -2.52. The molecule has 1 heterocycles. The van der Waals surface area contributed by atoms with E-state index >= 15 is 0 Å². The van der Waals surface area contributed by atoms with Gasteiger partial charge in [0.15, 0.2) is 0 Å². The van der Waals surface area contributed by atoms with Gasteiger partial charge in [-0.05, 0) is 47.5 Å². The molecule has 0 aromatic carbocycles. The van der Waals surface area contributed by atoms with Crippen molar-refractivity contribution in [1.29, 1.82) is 5.26 Å². The van der Waals surface area contributed by atoms with Crippen molar-refractivity contribution in [1.82, 2.24) is 4.90 Å². The zero-order valence-corrected chi connectivity index (χ0v) is 12.5. The fourth-order valence-corrected chi connectivity index (χ4v) is 2.26. The van der Waals surface area contributed by atoms with Crippen LogP contribution in [-0.2, 0) is 4.74 Å². The van der Waals surface area contributed by atoms with Gasteiger partial charge in [0.2, 0.25) is 0 Å². The van der Waals surface area contributed by atoms with Crippen molar-refractivity contribution in [3.63, 3.8) is 0 Å². The molecule has 1 saturated heterocycles. The maximum atomic E-state index is 11.9. The minimum atomic E-state index is -1.07. The summed E-state index contributed by atoms with van der Waals surface area (Å²) in [6.07, 6.45) is 0.577. The summed E-state index contributed by atoms with van der Waals surface area (Å²) in [4.78, 5) is 13.5. The number of aliphatic hydroxyl groups is 1. The molecule has 0 unspecified atom stereocenters. The van der Waals surface area contributed by atoms with Gasteiger partial charge < -0.3 is 14.7 Å². The van der Waals surface area contributed by atoms with E-state index in [1.165, 1.54) is 0 Å². The van der Waals surface area contributed by atoms with E-state index in [2.05, 4.69) is 6.07 Å². The van der Waals surface area contributed by atoms with Gasteiger partial charge in [0, 0.05) is 13.1 Å². The van der Waals surface area contributed by atoms with Gasteiger partial charge in [-0.2, -0.15) is 5.26 Å². The van der Waals surface area contributed by atoms with Gasteiger partial charge in [0.1, 0.15) is 5.60 Å². The molecule has 5 heteroatoms. The molecule has 1 aliphatic heterocycles. The number of nitriles is 1.